The lowest BCUT2D eigenvalue weighted by atomic mass is 10.4. The van der Waals surface area contributed by atoms with E-state index < -0.39 is 0 Å². The van der Waals surface area contributed by atoms with Crippen LogP contribution < -0.4 is 9.80 Å². The lowest BCUT2D eigenvalue weighted by Crippen LogP contribution is -2.19. The van der Waals surface area contributed by atoms with Crippen molar-refractivity contribution in [1.82, 2.24) is 0 Å². The average molecular weight is 469 g/mol. The van der Waals surface area contributed by atoms with E-state index in [2.05, 4.69) is 9.80 Å². The van der Waals surface area contributed by atoms with Gasteiger partial charge >= 0.3 is 0 Å². The molecule has 2 rings (SSSR count). The maximum absolute atomic E-state index is 10.7. The van der Waals surface area contributed by atoms with Crippen molar-refractivity contribution >= 4 is 45.2 Å². The third kappa shape index (κ3) is 9.92. The van der Waals surface area contributed by atoms with E-state index in [1.165, 1.54) is 22.7 Å². The Kier molecular flexibility index (Phi) is 12.4. The Hall–Kier alpha value is -1.78. The quantitative estimate of drug-likeness (QED) is 0.243. The molecule has 0 unspecified atom stereocenters. The molecule has 0 N–H and O–H groups in total. The molecule has 0 fully saturated rings. The Labute approximate surface area is 192 Å². The van der Waals surface area contributed by atoms with E-state index in [4.69, 9.17) is 14.2 Å². The van der Waals surface area contributed by atoms with Gasteiger partial charge in [0.15, 0.2) is 12.6 Å². The van der Waals surface area contributed by atoms with Gasteiger partial charge in [0.2, 0.25) is 0 Å². The number of nitrogens with zero attached hydrogens (tertiary/aromatic N) is 2. The summed E-state index contributed by atoms with van der Waals surface area (Å²) < 4.78 is 16.7. The number of carbonyl (C=O) groups excluding carboxylic acids is 2. The molecule has 0 amide bonds. The molecule has 0 aliphatic carbocycles. The van der Waals surface area contributed by atoms with Crippen molar-refractivity contribution in [2.45, 2.75) is 12.8 Å². The summed E-state index contributed by atoms with van der Waals surface area (Å²) in [5.41, 5.74) is 0. The van der Waals surface area contributed by atoms with Gasteiger partial charge in [-0.15, -0.1) is 22.7 Å². The molecule has 2 aromatic rings. The lowest BCUT2D eigenvalue weighted by molar-refractivity contribution is 0.0142. The Morgan fingerprint density at radius 1 is 0.677 bits per heavy atom. The van der Waals surface area contributed by atoms with Crippen LogP contribution in [0.3, 0.4) is 0 Å². The minimum Gasteiger partial charge on any atom is -0.379 e. The zero-order valence-electron chi connectivity index (χ0n) is 18.3. The molecular weight excluding hydrogens is 436 g/mol. The lowest BCUT2D eigenvalue weighted by Gasteiger charge is -2.17. The Balaban J connectivity index is 1.35. The second-order valence-electron chi connectivity index (χ2n) is 6.98. The summed E-state index contributed by atoms with van der Waals surface area (Å²) in [5.74, 6) is 0. The molecule has 0 aliphatic heterocycles. The molecule has 31 heavy (non-hydrogen) atoms. The highest BCUT2D eigenvalue weighted by molar-refractivity contribution is 7.17. The van der Waals surface area contributed by atoms with Crippen LogP contribution >= 0.6 is 22.7 Å². The second kappa shape index (κ2) is 15.1. The summed E-state index contributed by atoms with van der Waals surface area (Å²) in [6.07, 6.45) is 3.61. The number of aldehydes is 2. The van der Waals surface area contributed by atoms with Crippen LogP contribution in [0.1, 0.15) is 32.2 Å². The number of hydrogen-bond donors (Lipinski definition) is 0. The molecule has 9 heteroatoms. The standard InChI is InChI=1S/C22H32N2O5S2/c1-23(21-7-5-19(17-25)30-21)9-3-11-27-13-15-29-16-14-28-12-4-10-24(2)22-8-6-20(18-26)31-22/h5-8,17-18H,3-4,9-16H2,1-2H3. The van der Waals surface area contributed by atoms with Gasteiger partial charge in [0.05, 0.1) is 46.2 Å². The number of hydrogen-bond acceptors (Lipinski definition) is 9. The first-order valence-corrected chi connectivity index (χ1v) is 12.0. The fraction of sp³-hybridized carbons (Fsp3) is 0.545. The van der Waals surface area contributed by atoms with Gasteiger partial charge in [0.25, 0.3) is 0 Å². The molecule has 0 radical (unpaired) electrons. The van der Waals surface area contributed by atoms with Crippen LogP contribution in [0.5, 0.6) is 0 Å². The van der Waals surface area contributed by atoms with Crippen LogP contribution in [-0.2, 0) is 14.2 Å². The van der Waals surface area contributed by atoms with Gasteiger partial charge < -0.3 is 24.0 Å². The van der Waals surface area contributed by atoms with Crippen LogP contribution in [0.15, 0.2) is 24.3 Å². The van der Waals surface area contributed by atoms with E-state index in [1.54, 1.807) is 0 Å². The molecule has 0 atom stereocenters. The first-order valence-electron chi connectivity index (χ1n) is 10.4. The molecule has 0 spiro atoms. The monoisotopic (exact) mass is 468 g/mol. The fourth-order valence-corrected chi connectivity index (χ4v) is 4.41. The Bertz CT molecular complexity index is 702. The average Bonchev–Trinajstić information content (AvgIpc) is 3.46. The van der Waals surface area contributed by atoms with Gasteiger partial charge in [-0.1, -0.05) is 0 Å². The zero-order chi connectivity index (χ0) is 22.3. The normalized spacial score (nSPS) is 10.9. The van der Waals surface area contributed by atoms with Gasteiger partial charge in [-0.05, 0) is 37.1 Å². The molecule has 0 bridgehead atoms. The van der Waals surface area contributed by atoms with Crippen molar-refractivity contribution in [2.75, 3.05) is 76.6 Å². The fourth-order valence-electron chi connectivity index (χ4n) is 2.79. The summed E-state index contributed by atoms with van der Waals surface area (Å²) in [6, 6.07) is 7.63. The van der Waals surface area contributed by atoms with Crippen LogP contribution in [-0.4, -0.2) is 79.4 Å². The molecule has 0 saturated carbocycles. The SMILES string of the molecule is CN(CCCOCCOCCOCCCN(C)c1ccc(C=O)s1)c1ccc(C=O)s1. The van der Waals surface area contributed by atoms with E-state index >= 15 is 0 Å². The van der Waals surface area contributed by atoms with Crippen molar-refractivity contribution in [2.24, 2.45) is 0 Å². The number of ether oxygens (including phenoxy) is 3. The minimum absolute atomic E-state index is 0.562. The van der Waals surface area contributed by atoms with Crippen LogP contribution in [0, 0.1) is 0 Å². The first kappa shape index (κ1) is 25.5. The van der Waals surface area contributed by atoms with E-state index in [0.29, 0.717) is 39.6 Å². The highest BCUT2D eigenvalue weighted by Gasteiger charge is 2.05. The summed E-state index contributed by atoms with van der Waals surface area (Å²) in [7, 11) is 4.04. The highest BCUT2D eigenvalue weighted by atomic mass is 32.1. The molecular formula is C22H32N2O5S2. The van der Waals surface area contributed by atoms with E-state index in [9.17, 15) is 9.59 Å². The Morgan fingerprint density at radius 3 is 1.42 bits per heavy atom. The summed E-state index contributed by atoms with van der Waals surface area (Å²) in [5, 5.41) is 2.19. The number of thiophene rings is 2. The van der Waals surface area contributed by atoms with Crippen LogP contribution in [0.2, 0.25) is 0 Å². The smallest absolute Gasteiger partial charge is 0.160 e. The molecule has 7 nitrogen and oxygen atoms in total. The number of rotatable bonds is 18. The van der Waals surface area contributed by atoms with Gasteiger partial charge in [0.1, 0.15) is 0 Å². The maximum atomic E-state index is 10.7. The third-order valence-electron chi connectivity index (χ3n) is 4.52. The van der Waals surface area contributed by atoms with Crippen LogP contribution in [0.4, 0.5) is 10.0 Å². The van der Waals surface area contributed by atoms with E-state index in [1.807, 2.05) is 38.4 Å². The highest BCUT2D eigenvalue weighted by Crippen LogP contribution is 2.24. The Morgan fingerprint density at radius 2 is 1.06 bits per heavy atom. The summed E-state index contributed by atoms with van der Waals surface area (Å²) >= 11 is 3.00. The van der Waals surface area contributed by atoms with Crippen LogP contribution in [0.25, 0.3) is 0 Å². The van der Waals surface area contributed by atoms with E-state index in [0.717, 1.165) is 58.3 Å². The minimum atomic E-state index is 0.562. The number of anilines is 2. The molecule has 2 heterocycles. The third-order valence-corrected chi connectivity index (χ3v) is 6.77. The van der Waals surface area contributed by atoms with Crippen molar-refractivity contribution in [3.8, 4) is 0 Å². The predicted octanol–water partition coefficient (Wildman–Crippen LogP) is 3.84. The molecule has 172 valence electrons. The zero-order valence-corrected chi connectivity index (χ0v) is 19.9. The summed E-state index contributed by atoms with van der Waals surface area (Å²) in [6.45, 7) is 5.41. The van der Waals surface area contributed by atoms with Crippen molar-refractivity contribution in [3.63, 3.8) is 0 Å². The molecule has 0 aliphatic rings. The van der Waals surface area contributed by atoms with Crippen molar-refractivity contribution in [3.05, 3.63) is 34.0 Å². The molecule has 0 saturated heterocycles. The second-order valence-corrected chi connectivity index (χ2v) is 9.16. The van der Waals surface area contributed by atoms with E-state index in [-0.39, 0.29) is 0 Å². The first-order chi connectivity index (χ1) is 15.1. The van der Waals surface area contributed by atoms with Gasteiger partial charge in [-0.2, -0.15) is 0 Å². The largest absolute Gasteiger partial charge is 0.379 e. The molecule has 2 aromatic heterocycles. The number of carbonyl (C=O) groups is 2. The van der Waals surface area contributed by atoms with Crippen molar-refractivity contribution in [1.29, 1.82) is 0 Å². The molecule has 0 aromatic carbocycles. The van der Waals surface area contributed by atoms with Crippen molar-refractivity contribution < 1.29 is 23.8 Å². The van der Waals surface area contributed by atoms with Gasteiger partial charge in [-0.25, -0.2) is 0 Å². The van der Waals surface area contributed by atoms with Gasteiger partial charge in [0, 0.05) is 40.4 Å². The topological polar surface area (TPSA) is 68.3 Å². The maximum Gasteiger partial charge on any atom is 0.160 e. The predicted molar refractivity (Wildman–Crippen MR) is 128 cm³/mol. The summed E-state index contributed by atoms with van der Waals surface area (Å²) in [4.78, 5) is 27.2. The van der Waals surface area contributed by atoms with Gasteiger partial charge in [-0.3, -0.25) is 9.59 Å².